The van der Waals surface area contributed by atoms with E-state index in [1.807, 2.05) is 12.4 Å². The number of anilines is 1. The van der Waals surface area contributed by atoms with Gasteiger partial charge in [-0.3, -0.25) is 4.79 Å². The molecule has 4 heterocycles. The molecule has 5 heteroatoms. The molecule has 1 saturated heterocycles. The Labute approximate surface area is 145 Å². The van der Waals surface area contributed by atoms with E-state index in [2.05, 4.69) is 40.0 Å². The Morgan fingerprint density at radius 2 is 2.08 bits per heavy atom. The fourth-order valence-electron chi connectivity index (χ4n) is 3.75. The molecule has 0 bridgehead atoms. The molecule has 0 atom stereocenters. The van der Waals surface area contributed by atoms with Crippen molar-refractivity contribution >= 4 is 22.5 Å². The average molecular weight is 333 g/mol. The molecule has 126 valence electrons. The Bertz CT molecular complexity index is 998. The quantitative estimate of drug-likeness (QED) is 0.783. The Balaban J connectivity index is 1.65. The van der Waals surface area contributed by atoms with E-state index >= 15 is 0 Å². The van der Waals surface area contributed by atoms with Crippen LogP contribution in [0.5, 0.6) is 0 Å². The molecule has 5 rings (SSSR count). The first-order valence-electron chi connectivity index (χ1n) is 8.63. The van der Waals surface area contributed by atoms with Crippen LogP contribution in [0.4, 0.5) is 5.69 Å². The maximum Gasteiger partial charge on any atom is 0.171 e. The zero-order valence-electron chi connectivity index (χ0n) is 14.1. The topological polar surface area (TPSA) is 58.2 Å². The summed E-state index contributed by atoms with van der Waals surface area (Å²) in [6, 6.07) is 6.64. The molecule has 2 aromatic heterocycles. The third-order valence-electron chi connectivity index (χ3n) is 5.23. The number of ketones is 1. The summed E-state index contributed by atoms with van der Waals surface area (Å²) in [5, 5.41) is 1.15. The molecular formula is C20H19N3O2. The van der Waals surface area contributed by atoms with E-state index in [-0.39, 0.29) is 0 Å². The Morgan fingerprint density at radius 1 is 1.20 bits per heavy atom. The van der Waals surface area contributed by atoms with Gasteiger partial charge in [0.05, 0.1) is 26.3 Å². The lowest BCUT2D eigenvalue weighted by atomic mass is 9.93. The lowest BCUT2D eigenvalue weighted by Crippen LogP contribution is -2.48. The second kappa shape index (κ2) is 5.43. The Morgan fingerprint density at radius 3 is 2.92 bits per heavy atom. The maximum absolute atomic E-state index is 11.5. The summed E-state index contributed by atoms with van der Waals surface area (Å²) in [5.74, 6) is 0.293. The zero-order valence-corrected chi connectivity index (χ0v) is 14.1. The highest BCUT2D eigenvalue weighted by Gasteiger charge is 2.28. The molecule has 0 unspecified atom stereocenters. The number of hydrogen-bond donors (Lipinski definition) is 1. The van der Waals surface area contributed by atoms with Gasteiger partial charge in [0.2, 0.25) is 0 Å². The highest BCUT2D eigenvalue weighted by molar-refractivity contribution is 5.96. The summed E-state index contributed by atoms with van der Waals surface area (Å²) in [5.41, 5.74) is 8.07. The van der Waals surface area contributed by atoms with Crippen molar-refractivity contribution in [2.45, 2.75) is 20.0 Å². The molecule has 0 radical (unpaired) electrons. The van der Waals surface area contributed by atoms with Gasteiger partial charge in [-0.2, -0.15) is 0 Å². The van der Waals surface area contributed by atoms with Crippen LogP contribution in [-0.4, -0.2) is 35.4 Å². The molecule has 1 aromatic carbocycles. The number of benzene rings is 1. The highest BCUT2D eigenvalue weighted by Crippen LogP contribution is 2.36. The second-order valence-corrected chi connectivity index (χ2v) is 6.92. The minimum atomic E-state index is 0.293. The Hall–Kier alpha value is -2.66. The number of hydrogen-bond acceptors (Lipinski definition) is 4. The largest absolute Gasteiger partial charge is 0.376 e. The van der Waals surface area contributed by atoms with E-state index in [0.29, 0.717) is 25.5 Å². The molecule has 0 aliphatic carbocycles. The zero-order chi connectivity index (χ0) is 17.0. The number of carbonyl (C=O) groups excluding carboxylic acids is 1. The number of H-pyrrole nitrogens is 1. The summed E-state index contributed by atoms with van der Waals surface area (Å²) in [4.78, 5) is 21.4. The molecule has 2 aliphatic rings. The van der Waals surface area contributed by atoms with Crippen LogP contribution in [0.2, 0.25) is 0 Å². The van der Waals surface area contributed by atoms with Gasteiger partial charge in [-0.25, -0.2) is 4.98 Å². The molecular weight excluding hydrogens is 314 g/mol. The minimum absolute atomic E-state index is 0.293. The van der Waals surface area contributed by atoms with Crippen molar-refractivity contribution in [3.63, 3.8) is 0 Å². The number of aromatic nitrogens is 2. The third-order valence-corrected chi connectivity index (χ3v) is 5.23. The lowest BCUT2D eigenvalue weighted by molar-refractivity contribution is -0.119. The van der Waals surface area contributed by atoms with Crippen LogP contribution in [0.25, 0.3) is 22.2 Å². The minimum Gasteiger partial charge on any atom is -0.376 e. The number of rotatable bonds is 2. The van der Waals surface area contributed by atoms with Gasteiger partial charge in [0.1, 0.15) is 5.65 Å². The molecule has 0 amide bonds. The number of aryl methyl sites for hydroxylation is 1. The Kier molecular flexibility index (Phi) is 3.18. The molecule has 1 N–H and O–H groups in total. The van der Waals surface area contributed by atoms with Crippen molar-refractivity contribution in [1.29, 1.82) is 0 Å². The van der Waals surface area contributed by atoms with E-state index in [1.165, 1.54) is 16.7 Å². The number of Topliss-reactive ketones (excluding diaryl/α,β-unsaturated/α-hetero) is 1. The standard InChI is InChI=1S/C20H19N3O2/c1-12-7-21-20-17(12)5-15(8-22-20)14-4-13-2-3-25-11-18(13)19(6-14)23-9-16(24)10-23/h4-8H,2-3,9-11H2,1H3,(H,21,22). The van der Waals surface area contributed by atoms with Crippen molar-refractivity contribution in [3.05, 3.63) is 47.3 Å². The average Bonchev–Trinajstić information content (AvgIpc) is 2.99. The molecule has 3 aromatic rings. The molecule has 25 heavy (non-hydrogen) atoms. The predicted octanol–water partition coefficient (Wildman–Crippen LogP) is 3.00. The smallest absolute Gasteiger partial charge is 0.171 e. The molecule has 5 nitrogen and oxygen atoms in total. The van der Waals surface area contributed by atoms with Gasteiger partial charge in [0, 0.05) is 34.6 Å². The number of carbonyl (C=O) groups is 1. The van der Waals surface area contributed by atoms with Crippen molar-refractivity contribution < 1.29 is 9.53 Å². The van der Waals surface area contributed by atoms with E-state index in [0.717, 1.165) is 40.9 Å². The van der Waals surface area contributed by atoms with Gasteiger partial charge < -0.3 is 14.6 Å². The molecule has 0 saturated carbocycles. The van der Waals surface area contributed by atoms with Gasteiger partial charge >= 0.3 is 0 Å². The summed E-state index contributed by atoms with van der Waals surface area (Å²) >= 11 is 0. The van der Waals surface area contributed by atoms with Crippen LogP contribution in [0.3, 0.4) is 0 Å². The van der Waals surface area contributed by atoms with Gasteiger partial charge in [0.25, 0.3) is 0 Å². The number of ether oxygens (including phenoxy) is 1. The van der Waals surface area contributed by atoms with Crippen molar-refractivity contribution in [2.75, 3.05) is 24.6 Å². The number of fused-ring (bicyclic) bond motifs is 2. The van der Waals surface area contributed by atoms with Gasteiger partial charge in [-0.1, -0.05) is 6.07 Å². The van der Waals surface area contributed by atoms with Crippen LogP contribution >= 0.6 is 0 Å². The SMILES string of the molecule is Cc1c[nH]c2ncc(-c3cc4c(c(N5CC(=O)C5)c3)COCC4)cc12. The number of pyridine rings is 1. The first-order chi connectivity index (χ1) is 12.2. The first-order valence-corrected chi connectivity index (χ1v) is 8.63. The number of nitrogens with zero attached hydrogens (tertiary/aromatic N) is 2. The molecule has 1 fully saturated rings. The lowest BCUT2D eigenvalue weighted by Gasteiger charge is -2.35. The molecule has 0 spiro atoms. The molecule has 2 aliphatic heterocycles. The fourth-order valence-corrected chi connectivity index (χ4v) is 3.75. The summed E-state index contributed by atoms with van der Waals surface area (Å²) in [7, 11) is 0. The van der Waals surface area contributed by atoms with Crippen LogP contribution in [0.1, 0.15) is 16.7 Å². The predicted molar refractivity (Wildman–Crippen MR) is 96.8 cm³/mol. The fraction of sp³-hybridized carbons (Fsp3) is 0.300. The third kappa shape index (κ3) is 2.35. The summed E-state index contributed by atoms with van der Waals surface area (Å²) in [6.07, 6.45) is 4.82. The second-order valence-electron chi connectivity index (χ2n) is 6.92. The van der Waals surface area contributed by atoms with Crippen LogP contribution in [0, 0.1) is 6.92 Å². The van der Waals surface area contributed by atoms with E-state index in [9.17, 15) is 4.79 Å². The van der Waals surface area contributed by atoms with Gasteiger partial charge in [0.15, 0.2) is 5.78 Å². The normalized spacial score (nSPS) is 16.8. The summed E-state index contributed by atoms with van der Waals surface area (Å²) < 4.78 is 5.66. The van der Waals surface area contributed by atoms with Gasteiger partial charge in [-0.05, 0) is 42.2 Å². The first kappa shape index (κ1) is 14.7. The van der Waals surface area contributed by atoms with E-state index in [1.54, 1.807) is 0 Å². The number of aromatic amines is 1. The summed E-state index contributed by atoms with van der Waals surface area (Å²) in [6.45, 7) is 4.48. The highest BCUT2D eigenvalue weighted by atomic mass is 16.5. The van der Waals surface area contributed by atoms with Crippen LogP contribution < -0.4 is 4.90 Å². The monoisotopic (exact) mass is 333 g/mol. The van der Waals surface area contributed by atoms with Crippen molar-refractivity contribution in [3.8, 4) is 11.1 Å². The van der Waals surface area contributed by atoms with Crippen molar-refractivity contribution in [1.82, 2.24) is 9.97 Å². The number of nitrogens with one attached hydrogen (secondary N) is 1. The van der Waals surface area contributed by atoms with E-state index < -0.39 is 0 Å². The van der Waals surface area contributed by atoms with Crippen LogP contribution in [0.15, 0.2) is 30.6 Å². The van der Waals surface area contributed by atoms with Crippen molar-refractivity contribution in [2.24, 2.45) is 0 Å². The maximum atomic E-state index is 11.5. The van der Waals surface area contributed by atoms with Crippen LogP contribution in [-0.2, 0) is 22.6 Å². The van der Waals surface area contributed by atoms with Gasteiger partial charge in [-0.15, -0.1) is 0 Å². The van der Waals surface area contributed by atoms with E-state index in [4.69, 9.17) is 4.74 Å².